The second kappa shape index (κ2) is 7.58. The molecule has 1 atom stereocenters. The van der Waals surface area contributed by atoms with Crippen LogP contribution in [0.3, 0.4) is 0 Å². The Morgan fingerprint density at radius 1 is 1.38 bits per heavy atom. The molecule has 32 heavy (non-hydrogen) atoms. The first-order valence-electron chi connectivity index (χ1n) is 10.2. The highest BCUT2D eigenvalue weighted by Gasteiger charge is 2.47. The van der Waals surface area contributed by atoms with E-state index in [0.29, 0.717) is 31.7 Å². The maximum Gasteiger partial charge on any atom is 0.223 e. The summed E-state index contributed by atoms with van der Waals surface area (Å²) < 4.78 is 28.6. The molecule has 1 fully saturated rings. The molecule has 1 aliphatic carbocycles. The smallest absolute Gasteiger partial charge is 0.223 e. The Kier molecular flexibility index (Phi) is 4.83. The molecule has 0 saturated carbocycles. The SMILES string of the molecule is CC1(S(=O)(=O)N2CC(CC#N)C2)C=CC=C(n2cc(Nc3ncnc4[nH]ccc34)cn2)C1. The summed E-state index contributed by atoms with van der Waals surface area (Å²) in [4.78, 5) is 11.5. The monoisotopic (exact) mass is 450 g/mol. The lowest BCUT2D eigenvalue weighted by molar-refractivity contribution is 0.200. The molecule has 2 N–H and O–H groups in total. The summed E-state index contributed by atoms with van der Waals surface area (Å²) in [5.41, 5.74) is 2.24. The zero-order chi connectivity index (χ0) is 22.3. The van der Waals surface area contributed by atoms with Crippen LogP contribution in [0.2, 0.25) is 0 Å². The van der Waals surface area contributed by atoms with Crippen molar-refractivity contribution >= 4 is 38.3 Å². The number of nitrogens with one attached hydrogen (secondary N) is 2. The number of fused-ring (bicyclic) bond motifs is 1. The Hall–Kier alpha value is -3.49. The van der Waals surface area contributed by atoms with Crippen molar-refractivity contribution < 1.29 is 8.42 Å². The van der Waals surface area contributed by atoms with Gasteiger partial charge in [-0.1, -0.05) is 12.2 Å². The highest BCUT2D eigenvalue weighted by Crippen LogP contribution is 2.38. The van der Waals surface area contributed by atoms with E-state index in [4.69, 9.17) is 5.26 Å². The molecule has 164 valence electrons. The molecule has 1 aliphatic heterocycles. The van der Waals surface area contributed by atoms with Gasteiger partial charge in [0.15, 0.2) is 0 Å². The van der Waals surface area contributed by atoms with Gasteiger partial charge in [-0.25, -0.2) is 27.4 Å². The van der Waals surface area contributed by atoms with E-state index in [0.717, 1.165) is 22.4 Å². The van der Waals surface area contributed by atoms with E-state index in [1.54, 1.807) is 36.2 Å². The van der Waals surface area contributed by atoms with Crippen molar-refractivity contribution in [3.8, 4) is 6.07 Å². The molecule has 3 aromatic rings. The molecule has 4 heterocycles. The van der Waals surface area contributed by atoms with Gasteiger partial charge < -0.3 is 10.3 Å². The van der Waals surface area contributed by atoms with Crippen molar-refractivity contribution in [3.63, 3.8) is 0 Å². The maximum absolute atomic E-state index is 13.3. The van der Waals surface area contributed by atoms with Gasteiger partial charge in [-0.05, 0) is 25.0 Å². The van der Waals surface area contributed by atoms with Gasteiger partial charge in [-0.15, -0.1) is 0 Å². The summed E-state index contributed by atoms with van der Waals surface area (Å²) in [6, 6.07) is 4.01. The number of anilines is 2. The van der Waals surface area contributed by atoms with Gasteiger partial charge in [0.25, 0.3) is 0 Å². The highest BCUT2D eigenvalue weighted by molar-refractivity contribution is 7.90. The minimum Gasteiger partial charge on any atom is -0.346 e. The lowest BCUT2D eigenvalue weighted by Gasteiger charge is -2.42. The molecule has 10 nitrogen and oxygen atoms in total. The maximum atomic E-state index is 13.3. The lowest BCUT2D eigenvalue weighted by atomic mass is 9.99. The minimum absolute atomic E-state index is 0.119. The minimum atomic E-state index is -3.56. The van der Waals surface area contributed by atoms with E-state index in [1.165, 1.54) is 10.6 Å². The number of aromatic amines is 1. The Labute approximate surface area is 185 Å². The number of hydrogen-bond donors (Lipinski definition) is 2. The number of aromatic nitrogens is 5. The average Bonchev–Trinajstić information content (AvgIpc) is 3.40. The number of sulfonamides is 1. The van der Waals surface area contributed by atoms with E-state index >= 15 is 0 Å². The van der Waals surface area contributed by atoms with Crippen LogP contribution >= 0.6 is 0 Å². The first-order chi connectivity index (χ1) is 15.4. The summed E-state index contributed by atoms with van der Waals surface area (Å²) in [6.45, 7) is 2.54. The van der Waals surface area contributed by atoms with Gasteiger partial charge in [0.1, 0.15) is 22.5 Å². The third-order valence-corrected chi connectivity index (χ3v) is 8.43. The largest absolute Gasteiger partial charge is 0.346 e. The second-order valence-electron chi connectivity index (χ2n) is 8.32. The number of H-pyrrole nitrogens is 1. The Bertz CT molecular complexity index is 1370. The first-order valence-corrected chi connectivity index (χ1v) is 11.7. The van der Waals surface area contributed by atoms with E-state index in [9.17, 15) is 8.42 Å². The molecule has 0 bridgehead atoms. The fourth-order valence-electron chi connectivity index (χ4n) is 4.10. The summed E-state index contributed by atoms with van der Waals surface area (Å²) in [6.07, 6.45) is 12.8. The Morgan fingerprint density at radius 2 is 2.22 bits per heavy atom. The van der Waals surface area contributed by atoms with Gasteiger partial charge in [-0.2, -0.15) is 10.4 Å². The van der Waals surface area contributed by atoms with Crippen molar-refractivity contribution in [2.24, 2.45) is 5.92 Å². The molecule has 5 rings (SSSR count). The third-order valence-electron chi connectivity index (χ3n) is 6.00. The van der Waals surface area contributed by atoms with Crippen LogP contribution in [-0.2, 0) is 10.0 Å². The number of hydrogen-bond acceptors (Lipinski definition) is 7. The zero-order valence-corrected chi connectivity index (χ0v) is 18.2. The summed E-state index contributed by atoms with van der Waals surface area (Å²) in [7, 11) is -3.56. The third kappa shape index (κ3) is 3.37. The van der Waals surface area contributed by atoms with Crippen LogP contribution < -0.4 is 5.32 Å². The van der Waals surface area contributed by atoms with Gasteiger partial charge in [-0.3, -0.25) is 0 Å². The fourth-order valence-corrected chi connectivity index (χ4v) is 6.08. The Morgan fingerprint density at radius 3 is 3.03 bits per heavy atom. The fraction of sp³-hybridized carbons (Fsp3) is 0.333. The van der Waals surface area contributed by atoms with Crippen molar-refractivity contribution in [3.05, 3.63) is 49.2 Å². The van der Waals surface area contributed by atoms with Crippen LogP contribution in [0.25, 0.3) is 16.7 Å². The van der Waals surface area contributed by atoms with Crippen molar-refractivity contribution in [1.82, 2.24) is 29.0 Å². The zero-order valence-electron chi connectivity index (χ0n) is 17.4. The van der Waals surface area contributed by atoms with Crippen LogP contribution in [0.4, 0.5) is 11.5 Å². The van der Waals surface area contributed by atoms with Crippen molar-refractivity contribution in [2.75, 3.05) is 18.4 Å². The average molecular weight is 451 g/mol. The quantitative estimate of drug-likeness (QED) is 0.590. The van der Waals surface area contributed by atoms with E-state index in [2.05, 4.69) is 31.4 Å². The normalized spacial score (nSPS) is 21.8. The molecular formula is C21H22N8O2S. The highest BCUT2D eigenvalue weighted by atomic mass is 32.2. The van der Waals surface area contributed by atoms with Crippen molar-refractivity contribution in [2.45, 2.75) is 24.5 Å². The number of allylic oxidation sites excluding steroid dienone is 3. The lowest BCUT2D eigenvalue weighted by Crippen LogP contribution is -2.56. The van der Waals surface area contributed by atoms with Crippen LogP contribution in [0, 0.1) is 17.2 Å². The molecule has 11 heteroatoms. The predicted octanol–water partition coefficient (Wildman–Crippen LogP) is 2.63. The predicted molar refractivity (Wildman–Crippen MR) is 120 cm³/mol. The van der Waals surface area contributed by atoms with E-state index < -0.39 is 14.8 Å². The van der Waals surface area contributed by atoms with E-state index in [-0.39, 0.29) is 5.92 Å². The molecule has 0 spiro atoms. The van der Waals surface area contributed by atoms with Gasteiger partial charge in [0.05, 0.1) is 29.5 Å². The topological polar surface area (TPSA) is 133 Å². The van der Waals surface area contributed by atoms with Gasteiger partial charge in [0.2, 0.25) is 10.0 Å². The Balaban J connectivity index is 1.33. The van der Waals surface area contributed by atoms with E-state index in [1.807, 2.05) is 18.3 Å². The molecule has 0 radical (unpaired) electrons. The standard InChI is InChI=1S/C21H22N8O2S/c1-21(32(30,31)28-11-15(12-28)4-7-22)6-2-3-17(9-21)29-13-16(10-26-29)27-20-18-5-8-23-19(18)24-14-25-20/h2-3,5-6,8,10,13-15H,4,9,11-12H2,1H3,(H2,23,24,25,27). The summed E-state index contributed by atoms with van der Waals surface area (Å²) in [5, 5.41) is 17.4. The molecule has 1 saturated heterocycles. The number of rotatable bonds is 6. The summed E-state index contributed by atoms with van der Waals surface area (Å²) >= 11 is 0. The van der Waals surface area contributed by atoms with Gasteiger partial charge >= 0.3 is 0 Å². The molecule has 1 unspecified atom stereocenters. The van der Waals surface area contributed by atoms with Crippen LogP contribution in [0.15, 0.2) is 49.2 Å². The molecule has 3 aromatic heterocycles. The number of nitriles is 1. The van der Waals surface area contributed by atoms with Crippen LogP contribution in [0.1, 0.15) is 19.8 Å². The summed E-state index contributed by atoms with van der Waals surface area (Å²) in [5.74, 6) is 0.777. The van der Waals surface area contributed by atoms with Crippen LogP contribution in [0.5, 0.6) is 0 Å². The molecule has 0 amide bonds. The molecular weight excluding hydrogens is 428 g/mol. The molecule has 0 aromatic carbocycles. The molecule has 2 aliphatic rings. The first kappa shape index (κ1) is 20.4. The van der Waals surface area contributed by atoms with Crippen LogP contribution in [-0.4, -0.2) is 55.3 Å². The van der Waals surface area contributed by atoms with Gasteiger partial charge in [0, 0.05) is 37.8 Å². The number of nitrogens with zero attached hydrogens (tertiary/aromatic N) is 6. The van der Waals surface area contributed by atoms with Crippen molar-refractivity contribution in [1.29, 1.82) is 5.26 Å². The second-order valence-corrected chi connectivity index (χ2v) is 10.7.